The van der Waals surface area contributed by atoms with E-state index in [1.165, 1.54) is 19.0 Å². The standard InChI is InChI=1S/C13H22N4O3S/c18-21(19,16-8-12-2-1-7-20-12)13-9-15-17(10-13)6-5-14-11-3-4-11/h9-12,14,16H,1-8H2. The highest BCUT2D eigenvalue weighted by Crippen LogP contribution is 2.18. The minimum absolute atomic E-state index is 0.00226. The number of ether oxygens (including phenoxy) is 1. The third-order valence-electron chi connectivity index (χ3n) is 3.80. The van der Waals surface area contributed by atoms with E-state index in [1.54, 1.807) is 10.9 Å². The van der Waals surface area contributed by atoms with Gasteiger partial charge in [0.1, 0.15) is 4.90 Å². The van der Waals surface area contributed by atoms with Crippen molar-refractivity contribution >= 4 is 10.0 Å². The van der Waals surface area contributed by atoms with E-state index in [4.69, 9.17) is 4.74 Å². The van der Waals surface area contributed by atoms with Crippen molar-refractivity contribution in [2.75, 3.05) is 19.7 Å². The Kier molecular flexibility index (Phi) is 4.58. The summed E-state index contributed by atoms with van der Waals surface area (Å²) in [5, 5.41) is 7.48. The molecule has 1 aromatic heterocycles. The summed E-state index contributed by atoms with van der Waals surface area (Å²) in [5.41, 5.74) is 0. The topological polar surface area (TPSA) is 85.2 Å². The molecule has 0 amide bonds. The molecule has 1 saturated carbocycles. The van der Waals surface area contributed by atoms with E-state index in [2.05, 4.69) is 15.1 Å². The van der Waals surface area contributed by atoms with Crippen molar-refractivity contribution in [3.05, 3.63) is 12.4 Å². The van der Waals surface area contributed by atoms with Gasteiger partial charge in [0.15, 0.2) is 0 Å². The fourth-order valence-electron chi connectivity index (χ4n) is 2.37. The van der Waals surface area contributed by atoms with Crippen LogP contribution in [0.15, 0.2) is 17.3 Å². The van der Waals surface area contributed by atoms with Crippen LogP contribution in [0.2, 0.25) is 0 Å². The third kappa shape index (κ3) is 4.26. The molecular weight excluding hydrogens is 292 g/mol. The average molecular weight is 314 g/mol. The second-order valence-electron chi connectivity index (χ2n) is 5.65. The van der Waals surface area contributed by atoms with Crippen molar-refractivity contribution in [1.29, 1.82) is 0 Å². The Hall–Kier alpha value is -0.960. The molecule has 1 unspecified atom stereocenters. The van der Waals surface area contributed by atoms with Gasteiger partial charge < -0.3 is 10.1 Å². The maximum Gasteiger partial charge on any atom is 0.243 e. The van der Waals surface area contributed by atoms with Crippen LogP contribution in [0.4, 0.5) is 0 Å². The maximum absolute atomic E-state index is 12.2. The van der Waals surface area contributed by atoms with Gasteiger partial charge in [-0.05, 0) is 25.7 Å². The van der Waals surface area contributed by atoms with E-state index in [0.29, 0.717) is 19.1 Å². The molecule has 1 aromatic rings. The van der Waals surface area contributed by atoms with Crippen molar-refractivity contribution < 1.29 is 13.2 Å². The summed E-state index contributed by atoms with van der Waals surface area (Å²) in [5.74, 6) is 0. The molecular formula is C13H22N4O3S. The highest BCUT2D eigenvalue weighted by molar-refractivity contribution is 7.89. The molecule has 7 nitrogen and oxygen atoms in total. The predicted octanol–water partition coefficient (Wildman–Crippen LogP) is 0.0924. The Labute approximate surface area is 125 Å². The number of sulfonamides is 1. The lowest BCUT2D eigenvalue weighted by molar-refractivity contribution is 0.114. The summed E-state index contributed by atoms with van der Waals surface area (Å²) >= 11 is 0. The van der Waals surface area contributed by atoms with Gasteiger partial charge in [0.2, 0.25) is 10.0 Å². The molecule has 2 N–H and O–H groups in total. The molecule has 0 aromatic carbocycles. The average Bonchev–Trinajstić information content (AvgIpc) is 2.94. The van der Waals surface area contributed by atoms with E-state index in [-0.39, 0.29) is 11.0 Å². The van der Waals surface area contributed by atoms with Crippen molar-refractivity contribution in [2.24, 2.45) is 0 Å². The van der Waals surface area contributed by atoms with Crippen molar-refractivity contribution in [1.82, 2.24) is 19.8 Å². The summed E-state index contributed by atoms with van der Waals surface area (Å²) in [6, 6.07) is 0.650. The second kappa shape index (κ2) is 6.43. The van der Waals surface area contributed by atoms with Crippen LogP contribution in [0.3, 0.4) is 0 Å². The zero-order valence-corrected chi connectivity index (χ0v) is 12.8. The summed E-state index contributed by atoms with van der Waals surface area (Å²) in [6.45, 7) is 2.54. The minimum Gasteiger partial charge on any atom is -0.377 e. The zero-order valence-electron chi connectivity index (χ0n) is 12.0. The van der Waals surface area contributed by atoms with E-state index < -0.39 is 10.0 Å². The van der Waals surface area contributed by atoms with Crippen molar-refractivity contribution in [3.63, 3.8) is 0 Å². The molecule has 1 aliphatic carbocycles. The molecule has 118 valence electrons. The molecule has 2 heterocycles. The number of rotatable bonds is 8. The highest BCUT2D eigenvalue weighted by atomic mass is 32.2. The Balaban J connectivity index is 1.50. The number of aromatic nitrogens is 2. The first-order valence-corrected chi connectivity index (χ1v) is 8.99. The zero-order chi connectivity index (χ0) is 14.7. The van der Waals surface area contributed by atoms with Crippen LogP contribution >= 0.6 is 0 Å². The Morgan fingerprint density at radius 2 is 2.24 bits per heavy atom. The second-order valence-corrected chi connectivity index (χ2v) is 7.42. The molecule has 8 heteroatoms. The van der Waals surface area contributed by atoms with Gasteiger partial charge in [-0.2, -0.15) is 5.10 Å². The van der Waals surface area contributed by atoms with Crippen LogP contribution in [0.1, 0.15) is 25.7 Å². The van der Waals surface area contributed by atoms with E-state index in [0.717, 1.165) is 26.0 Å². The Morgan fingerprint density at radius 1 is 1.38 bits per heavy atom. The van der Waals surface area contributed by atoms with Gasteiger partial charge in [0.05, 0.1) is 18.8 Å². The largest absolute Gasteiger partial charge is 0.377 e. The van der Waals surface area contributed by atoms with Crippen molar-refractivity contribution in [3.8, 4) is 0 Å². The van der Waals surface area contributed by atoms with Gasteiger partial charge in [-0.1, -0.05) is 0 Å². The van der Waals surface area contributed by atoms with Crippen LogP contribution in [0.5, 0.6) is 0 Å². The van der Waals surface area contributed by atoms with E-state index >= 15 is 0 Å². The number of hydrogen-bond acceptors (Lipinski definition) is 5. The van der Waals surface area contributed by atoms with Crippen LogP contribution in [-0.2, 0) is 21.3 Å². The molecule has 2 fully saturated rings. The first-order chi connectivity index (χ1) is 10.1. The van der Waals surface area contributed by atoms with Gasteiger partial charge in [-0.3, -0.25) is 4.68 Å². The fourth-order valence-corrected chi connectivity index (χ4v) is 3.39. The summed E-state index contributed by atoms with van der Waals surface area (Å²) in [4.78, 5) is 0.215. The van der Waals surface area contributed by atoms with Gasteiger partial charge in [0, 0.05) is 31.9 Å². The molecule has 1 saturated heterocycles. The molecule has 2 aliphatic rings. The minimum atomic E-state index is -3.49. The van der Waals surface area contributed by atoms with E-state index in [1.807, 2.05) is 0 Å². The third-order valence-corrected chi connectivity index (χ3v) is 5.17. The lowest BCUT2D eigenvalue weighted by Crippen LogP contribution is -2.31. The summed E-state index contributed by atoms with van der Waals surface area (Å²) < 4.78 is 34.0. The number of hydrogen-bond donors (Lipinski definition) is 2. The van der Waals surface area contributed by atoms with Crippen LogP contribution in [0.25, 0.3) is 0 Å². The Bertz CT molecular complexity index is 562. The maximum atomic E-state index is 12.2. The lowest BCUT2D eigenvalue weighted by Gasteiger charge is -2.10. The molecule has 0 radical (unpaired) electrons. The monoisotopic (exact) mass is 314 g/mol. The first-order valence-electron chi connectivity index (χ1n) is 7.50. The van der Waals surface area contributed by atoms with Crippen LogP contribution in [0, 0.1) is 0 Å². The highest BCUT2D eigenvalue weighted by Gasteiger charge is 2.22. The smallest absolute Gasteiger partial charge is 0.243 e. The summed E-state index contributed by atoms with van der Waals surface area (Å²) in [6.07, 6.45) is 7.36. The SMILES string of the molecule is O=S(=O)(NCC1CCCO1)c1cnn(CCNC2CC2)c1. The Morgan fingerprint density at radius 3 is 2.95 bits per heavy atom. The quantitative estimate of drug-likeness (QED) is 0.710. The van der Waals surface area contributed by atoms with Gasteiger partial charge in [-0.15, -0.1) is 0 Å². The molecule has 3 rings (SSSR count). The predicted molar refractivity (Wildman–Crippen MR) is 77.4 cm³/mol. The van der Waals surface area contributed by atoms with Crippen molar-refractivity contribution in [2.45, 2.75) is 49.3 Å². The van der Waals surface area contributed by atoms with Gasteiger partial charge in [0.25, 0.3) is 0 Å². The van der Waals surface area contributed by atoms with Gasteiger partial charge in [-0.25, -0.2) is 13.1 Å². The molecule has 21 heavy (non-hydrogen) atoms. The molecule has 1 aliphatic heterocycles. The fraction of sp³-hybridized carbons (Fsp3) is 0.769. The normalized spacial score (nSPS) is 22.8. The number of nitrogens with zero attached hydrogens (tertiary/aromatic N) is 2. The van der Waals surface area contributed by atoms with Crippen LogP contribution in [-0.4, -0.2) is 50.0 Å². The lowest BCUT2D eigenvalue weighted by atomic mass is 10.2. The first kappa shape index (κ1) is 15.0. The molecule has 0 bridgehead atoms. The molecule has 0 spiro atoms. The van der Waals surface area contributed by atoms with E-state index in [9.17, 15) is 8.42 Å². The van der Waals surface area contributed by atoms with Gasteiger partial charge >= 0.3 is 0 Å². The summed E-state index contributed by atoms with van der Waals surface area (Å²) in [7, 11) is -3.49. The number of nitrogens with one attached hydrogen (secondary N) is 2. The molecule has 1 atom stereocenters. The van der Waals surface area contributed by atoms with Crippen LogP contribution < -0.4 is 10.0 Å².